The highest BCUT2D eigenvalue weighted by atomic mass is 35.6. The van der Waals surface area contributed by atoms with Gasteiger partial charge in [0.2, 0.25) is 3.79 Å². The molecule has 0 saturated carbocycles. The molecule has 1 saturated heterocycles. The number of halogens is 5. The third-order valence-corrected chi connectivity index (χ3v) is 5.32. The van der Waals surface area contributed by atoms with E-state index in [2.05, 4.69) is 4.99 Å². The number of rotatable bonds is 1. The van der Waals surface area contributed by atoms with Gasteiger partial charge in [-0.3, -0.25) is 4.99 Å². The minimum absolute atomic E-state index is 0.132. The van der Waals surface area contributed by atoms with E-state index in [0.717, 1.165) is 0 Å². The Bertz CT molecular complexity index is 373. The van der Waals surface area contributed by atoms with Crippen molar-refractivity contribution >= 4 is 73.0 Å². The normalized spacial score (nSPS) is 31.9. The van der Waals surface area contributed by atoms with Gasteiger partial charge < -0.3 is 0 Å². The van der Waals surface area contributed by atoms with Gasteiger partial charge in [0, 0.05) is 0 Å². The van der Waals surface area contributed by atoms with E-state index in [-0.39, 0.29) is 16.7 Å². The molecule has 1 rings (SSSR count). The first kappa shape index (κ1) is 14.1. The Balaban J connectivity index is 2.85. The Morgan fingerprint density at radius 2 is 1.80 bits per heavy atom. The Morgan fingerprint density at radius 3 is 2.13 bits per heavy atom. The van der Waals surface area contributed by atoms with Crippen molar-refractivity contribution in [3.63, 3.8) is 0 Å². The molecule has 88 valence electrons. The van der Waals surface area contributed by atoms with Crippen molar-refractivity contribution in [1.29, 1.82) is 0 Å². The highest BCUT2D eigenvalue weighted by Crippen LogP contribution is 2.31. The average Bonchev–Trinajstić information content (AvgIpc) is 2.22. The zero-order chi connectivity index (χ0) is 11.9. The van der Waals surface area contributed by atoms with Crippen LogP contribution in [0.4, 0.5) is 0 Å². The fraction of sp³-hybridized carbons (Fsp3) is 0.833. The summed E-state index contributed by atoms with van der Waals surface area (Å²) < 4.78 is 20.5. The number of hydrogen-bond donors (Lipinski definition) is 0. The molecule has 0 aromatic heterocycles. The summed E-state index contributed by atoms with van der Waals surface area (Å²) in [5.41, 5.74) is 0. The van der Waals surface area contributed by atoms with Gasteiger partial charge in [-0.15, -0.1) is 11.6 Å². The maximum atomic E-state index is 11.2. The van der Waals surface area contributed by atoms with Crippen LogP contribution >= 0.6 is 58.0 Å². The second-order valence-corrected chi connectivity index (χ2v) is 8.43. The SMILES string of the molecule is O=S1(=O)C[C@H](N=C(Cl)C(Cl)(Cl)Cl)[C@@H](Cl)C1. The molecular formula is C6H6Cl5NO2S. The first-order chi connectivity index (χ1) is 6.62. The fourth-order valence-electron chi connectivity index (χ4n) is 1.12. The third-order valence-electron chi connectivity index (χ3n) is 1.77. The van der Waals surface area contributed by atoms with Crippen molar-refractivity contribution in [3.8, 4) is 0 Å². The second kappa shape index (κ2) is 4.75. The summed E-state index contributed by atoms with van der Waals surface area (Å²) in [4.78, 5) is 3.80. The van der Waals surface area contributed by atoms with Crippen molar-refractivity contribution in [2.24, 2.45) is 4.99 Å². The molecule has 0 unspecified atom stereocenters. The van der Waals surface area contributed by atoms with E-state index in [4.69, 9.17) is 58.0 Å². The Hall–Kier alpha value is 1.07. The molecule has 0 bridgehead atoms. The minimum Gasteiger partial charge on any atom is -0.267 e. The van der Waals surface area contributed by atoms with Crippen LogP contribution in [0.3, 0.4) is 0 Å². The van der Waals surface area contributed by atoms with Crippen molar-refractivity contribution < 1.29 is 8.42 Å². The lowest BCUT2D eigenvalue weighted by molar-refractivity contribution is 0.601. The molecule has 9 heteroatoms. The summed E-state index contributed by atoms with van der Waals surface area (Å²) >= 11 is 27.7. The van der Waals surface area contributed by atoms with E-state index in [1.165, 1.54) is 0 Å². The summed E-state index contributed by atoms with van der Waals surface area (Å²) in [6.45, 7) is 0. The molecule has 1 fully saturated rings. The standard InChI is InChI=1S/C6H6Cl5NO2S/c7-3-1-15(13,14)2-4(3)12-5(8)6(9,10)11/h3-4H,1-2H2/t3-,4-/m0/s1. The van der Waals surface area contributed by atoms with Crippen LogP contribution in [0.2, 0.25) is 0 Å². The number of sulfone groups is 1. The molecule has 0 amide bonds. The van der Waals surface area contributed by atoms with E-state index in [1.807, 2.05) is 0 Å². The molecule has 15 heavy (non-hydrogen) atoms. The first-order valence-corrected chi connectivity index (χ1v) is 7.54. The molecule has 0 aromatic rings. The van der Waals surface area contributed by atoms with Gasteiger partial charge in [-0.25, -0.2) is 8.42 Å². The molecule has 2 atom stereocenters. The smallest absolute Gasteiger partial charge is 0.242 e. The van der Waals surface area contributed by atoms with Crippen LogP contribution < -0.4 is 0 Å². The van der Waals surface area contributed by atoms with Crippen LogP contribution in [-0.4, -0.2) is 40.3 Å². The molecule has 1 aliphatic rings. The molecule has 1 heterocycles. The largest absolute Gasteiger partial charge is 0.267 e. The van der Waals surface area contributed by atoms with Crippen LogP contribution in [0.15, 0.2) is 4.99 Å². The predicted octanol–water partition coefficient (Wildman–Crippen LogP) is 2.40. The molecule has 0 N–H and O–H groups in total. The van der Waals surface area contributed by atoms with Gasteiger partial charge >= 0.3 is 0 Å². The minimum atomic E-state index is -3.16. The zero-order valence-corrected chi connectivity index (χ0v) is 11.7. The van der Waals surface area contributed by atoms with Crippen LogP contribution in [0.5, 0.6) is 0 Å². The number of hydrogen-bond acceptors (Lipinski definition) is 3. The summed E-state index contributed by atoms with van der Waals surface area (Å²) in [5, 5.41) is -0.906. The van der Waals surface area contributed by atoms with Crippen molar-refractivity contribution in [2.45, 2.75) is 15.2 Å². The lowest BCUT2D eigenvalue weighted by Crippen LogP contribution is -2.22. The summed E-state index contributed by atoms with van der Waals surface area (Å²) in [6, 6.07) is -0.653. The third kappa shape index (κ3) is 4.10. The van der Waals surface area contributed by atoms with Gasteiger partial charge in [0.25, 0.3) is 0 Å². The topological polar surface area (TPSA) is 46.5 Å². The number of aliphatic imine (C=N–C) groups is 1. The Labute approximate surface area is 113 Å². The van der Waals surface area contributed by atoms with E-state index in [0.29, 0.717) is 0 Å². The second-order valence-electron chi connectivity index (χ2n) is 3.08. The maximum Gasteiger partial charge on any atom is 0.242 e. The lowest BCUT2D eigenvalue weighted by atomic mass is 10.3. The molecule has 3 nitrogen and oxygen atoms in total. The van der Waals surface area contributed by atoms with E-state index >= 15 is 0 Å². The number of nitrogens with zero attached hydrogens (tertiary/aromatic N) is 1. The average molecular weight is 333 g/mol. The molecule has 0 radical (unpaired) electrons. The van der Waals surface area contributed by atoms with Crippen LogP contribution in [0.1, 0.15) is 0 Å². The molecule has 0 aromatic carbocycles. The molecule has 0 aliphatic carbocycles. The van der Waals surface area contributed by atoms with Gasteiger partial charge in [0.05, 0.1) is 22.9 Å². The first-order valence-electron chi connectivity index (χ1n) is 3.77. The molecule has 1 aliphatic heterocycles. The van der Waals surface area contributed by atoms with Crippen LogP contribution in [0, 0.1) is 0 Å². The van der Waals surface area contributed by atoms with Crippen LogP contribution in [-0.2, 0) is 9.84 Å². The Kier molecular flexibility index (Phi) is 4.47. The fourth-order valence-corrected chi connectivity index (χ4v) is 3.89. The van der Waals surface area contributed by atoms with Crippen molar-refractivity contribution in [1.82, 2.24) is 0 Å². The lowest BCUT2D eigenvalue weighted by Gasteiger charge is -2.12. The molecule has 0 spiro atoms. The van der Waals surface area contributed by atoms with Gasteiger partial charge in [0.1, 0.15) is 0 Å². The van der Waals surface area contributed by atoms with Crippen molar-refractivity contribution in [2.75, 3.05) is 11.5 Å². The Morgan fingerprint density at radius 1 is 1.27 bits per heavy atom. The summed E-state index contributed by atoms with van der Waals surface area (Å²) in [5.74, 6) is -0.301. The maximum absolute atomic E-state index is 11.2. The monoisotopic (exact) mass is 331 g/mol. The van der Waals surface area contributed by atoms with E-state index < -0.39 is 25.0 Å². The zero-order valence-electron chi connectivity index (χ0n) is 7.13. The van der Waals surface area contributed by atoms with Gasteiger partial charge in [-0.2, -0.15) is 0 Å². The van der Waals surface area contributed by atoms with Gasteiger partial charge in [0.15, 0.2) is 15.0 Å². The van der Waals surface area contributed by atoms with Gasteiger partial charge in [-0.05, 0) is 0 Å². The van der Waals surface area contributed by atoms with E-state index in [9.17, 15) is 8.42 Å². The summed E-state index contributed by atoms with van der Waals surface area (Å²) in [6.07, 6.45) is 0. The van der Waals surface area contributed by atoms with Gasteiger partial charge in [-0.1, -0.05) is 46.4 Å². The highest BCUT2D eigenvalue weighted by Gasteiger charge is 2.38. The van der Waals surface area contributed by atoms with E-state index in [1.54, 1.807) is 0 Å². The quantitative estimate of drug-likeness (QED) is 0.546. The number of alkyl halides is 4. The predicted molar refractivity (Wildman–Crippen MR) is 65.7 cm³/mol. The van der Waals surface area contributed by atoms with Crippen molar-refractivity contribution in [3.05, 3.63) is 0 Å². The molecular weight excluding hydrogens is 327 g/mol. The highest BCUT2D eigenvalue weighted by molar-refractivity contribution is 7.91. The van der Waals surface area contributed by atoms with Crippen LogP contribution in [0.25, 0.3) is 0 Å². The summed E-state index contributed by atoms with van der Waals surface area (Å²) in [7, 11) is -3.16.